The molecule has 5 nitrogen and oxygen atoms in total. The summed E-state index contributed by atoms with van der Waals surface area (Å²) in [6, 6.07) is 8.68. The van der Waals surface area contributed by atoms with Crippen molar-refractivity contribution in [2.75, 3.05) is 11.4 Å². The Morgan fingerprint density at radius 3 is 3.05 bits per heavy atom. The Balaban J connectivity index is 1.85. The molecule has 1 aliphatic rings. The lowest BCUT2D eigenvalue weighted by molar-refractivity contribution is 0.541. The SMILES string of the molecule is CCCn1ncnc1CN1CC(N)Cc2ccccc21. The third-order valence-corrected chi connectivity index (χ3v) is 3.73. The van der Waals surface area contributed by atoms with Gasteiger partial charge in [-0.05, 0) is 24.5 Å². The molecule has 0 amide bonds. The van der Waals surface area contributed by atoms with Crippen molar-refractivity contribution in [2.45, 2.75) is 38.9 Å². The van der Waals surface area contributed by atoms with Gasteiger partial charge in [0.05, 0.1) is 6.54 Å². The second-order valence-corrected chi connectivity index (χ2v) is 5.37. The van der Waals surface area contributed by atoms with Gasteiger partial charge in [0.1, 0.15) is 12.2 Å². The van der Waals surface area contributed by atoms with Gasteiger partial charge in [-0.15, -0.1) is 0 Å². The Bertz CT molecular complexity index is 577. The van der Waals surface area contributed by atoms with E-state index in [0.717, 1.165) is 38.3 Å². The average Bonchev–Trinajstić information content (AvgIpc) is 2.86. The highest BCUT2D eigenvalue weighted by atomic mass is 15.3. The van der Waals surface area contributed by atoms with Gasteiger partial charge in [-0.2, -0.15) is 5.10 Å². The number of anilines is 1. The largest absolute Gasteiger partial charge is 0.362 e. The lowest BCUT2D eigenvalue weighted by Gasteiger charge is -2.34. The number of aryl methyl sites for hydroxylation is 1. The second kappa shape index (κ2) is 5.63. The third kappa shape index (κ3) is 2.54. The molecule has 2 heterocycles. The van der Waals surface area contributed by atoms with Crippen molar-refractivity contribution in [3.8, 4) is 0 Å². The van der Waals surface area contributed by atoms with E-state index in [1.54, 1.807) is 6.33 Å². The summed E-state index contributed by atoms with van der Waals surface area (Å²) < 4.78 is 1.99. The Morgan fingerprint density at radius 2 is 2.20 bits per heavy atom. The molecule has 0 saturated carbocycles. The lowest BCUT2D eigenvalue weighted by Crippen LogP contribution is -2.43. The smallest absolute Gasteiger partial charge is 0.146 e. The summed E-state index contributed by atoms with van der Waals surface area (Å²) in [5.41, 5.74) is 8.79. The van der Waals surface area contributed by atoms with Crippen LogP contribution in [0.15, 0.2) is 30.6 Å². The first kappa shape index (κ1) is 13.1. The standard InChI is InChI=1S/C15H21N5/c1-2-7-20-15(17-11-18-20)10-19-9-13(16)8-12-5-3-4-6-14(12)19/h3-6,11,13H,2,7-10,16H2,1H3. The maximum absolute atomic E-state index is 6.18. The highest BCUT2D eigenvalue weighted by Gasteiger charge is 2.22. The molecule has 0 spiro atoms. The zero-order valence-corrected chi connectivity index (χ0v) is 11.9. The van der Waals surface area contributed by atoms with Crippen LogP contribution in [-0.4, -0.2) is 27.4 Å². The fourth-order valence-electron chi connectivity index (χ4n) is 2.85. The highest BCUT2D eigenvalue weighted by Crippen LogP contribution is 2.27. The molecule has 106 valence electrons. The van der Waals surface area contributed by atoms with E-state index in [2.05, 4.69) is 46.2 Å². The van der Waals surface area contributed by atoms with Crippen molar-refractivity contribution in [3.05, 3.63) is 42.0 Å². The molecule has 0 aliphatic carbocycles. The molecule has 3 rings (SSSR count). The minimum Gasteiger partial charge on any atom is -0.362 e. The normalized spacial score (nSPS) is 18.1. The monoisotopic (exact) mass is 271 g/mol. The first-order valence-electron chi connectivity index (χ1n) is 7.23. The van der Waals surface area contributed by atoms with E-state index in [4.69, 9.17) is 5.73 Å². The number of fused-ring (bicyclic) bond motifs is 1. The van der Waals surface area contributed by atoms with Gasteiger partial charge in [-0.1, -0.05) is 25.1 Å². The van der Waals surface area contributed by atoms with Gasteiger partial charge >= 0.3 is 0 Å². The van der Waals surface area contributed by atoms with Crippen LogP contribution in [0.1, 0.15) is 24.7 Å². The molecular weight excluding hydrogens is 250 g/mol. The average molecular weight is 271 g/mol. The van der Waals surface area contributed by atoms with Crippen LogP contribution in [0.4, 0.5) is 5.69 Å². The number of rotatable bonds is 4. The van der Waals surface area contributed by atoms with E-state index >= 15 is 0 Å². The van der Waals surface area contributed by atoms with Crippen molar-refractivity contribution in [3.63, 3.8) is 0 Å². The van der Waals surface area contributed by atoms with Crippen molar-refractivity contribution in [2.24, 2.45) is 5.73 Å². The van der Waals surface area contributed by atoms with E-state index in [9.17, 15) is 0 Å². The predicted molar refractivity (Wildman–Crippen MR) is 79.5 cm³/mol. The molecule has 2 aromatic rings. The number of aromatic nitrogens is 3. The molecule has 0 bridgehead atoms. The summed E-state index contributed by atoms with van der Waals surface area (Å²) in [7, 11) is 0. The molecule has 20 heavy (non-hydrogen) atoms. The molecule has 1 atom stereocenters. The third-order valence-electron chi connectivity index (χ3n) is 3.73. The molecule has 2 N–H and O–H groups in total. The number of hydrogen-bond donors (Lipinski definition) is 1. The van der Waals surface area contributed by atoms with E-state index in [1.807, 2.05) is 4.68 Å². The molecule has 1 aromatic carbocycles. The molecular formula is C15H21N5. The Labute approximate surface area is 119 Å². The van der Waals surface area contributed by atoms with Gasteiger partial charge in [-0.3, -0.25) is 0 Å². The summed E-state index contributed by atoms with van der Waals surface area (Å²) in [4.78, 5) is 6.72. The minimum absolute atomic E-state index is 0.187. The van der Waals surface area contributed by atoms with Gasteiger partial charge < -0.3 is 10.6 Å². The van der Waals surface area contributed by atoms with Crippen LogP contribution in [-0.2, 0) is 19.5 Å². The number of nitrogens with two attached hydrogens (primary N) is 1. The summed E-state index contributed by atoms with van der Waals surface area (Å²) in [6.07, 6.45) is 3.65. The molecule has 1 aromatic heterocycles. The molecule has 1 aliphatic heterocycles. The summed E-state index contributed by atoms with van der Waals surface area (Å²) in [5, 5.41) is 4.29. The van der Waals surface area contributed by atoms with E-state index < -0.39 is 0 Å². The van der Waals surface area contributed by atoms with Gasteiger partial charge in [0.25, 0.3) is 0 Å². The van der Waals surface area contributed by atoms with Crippen LogP contribution in [0.25, 0.3) is 0 Å². The number of benzene rings is 1. The fraction of sp³-hybridized carbons (Fsp3) is 0.467. The van der Waals surface area contributed by atoms with Crippen LogP contribution < -0.4 is 10.6 Å². The maximum atomic E-state index is 6.18. The quantitative estimate of drug-likeness (QED) is 0.917. The Hall–Kier alpha value is -1.88. The van der Waals surface area contributed by atoms with Crippen LogP contribution in [0.2, 0.25) is 0 Å². The second-order valence-electron chi connectivity index (χ2n) is 5.37. The van der Waals surface area contributed by atoms with E-state index in [-0.39, 0.29) is 6.04 Å². The molecule has 0 saturated heterocycles. The molecule has 0 fully saturated rings. The van der Waals surface area contributed by atoms with E-state index in [0.29, 0.717) is 0 Å². The maximum Gasteiger partial charge on any atom is 0.146 e. The zero-order valence-electron chi connectivity index (χ0n) is 11.9. The summed E-state index contributed by atoms with van der Waals surface area (Å²) in [6.45, 7) is 4.70. The number of hydrogen-bond acceptors (Lipinski definition) is 4. The van der Waals surface area contributed by atoms with Gasteiger partial charge in [0, 0.05) is 24.8 Å². The molecule has 5 heteroatoms. The van der Waals surface area contributed by atoms with Crippen molar-refractivity contribution in [1.82, 2.24) is 14.8 Å². The van der Waals surface area contributed by atoms with Crippen LogP contribution >= 0.6 is 0 Å². The van der Waals surface area contributed by atoms with Crippen LogP contribution in [0, 0.1) is 0 Å². The van der Waals surface area contributed by atoms with Crippen molar-refractivity contribution in [1.29, 1.82) is 0 Å². The van der Waals surface area contributed by atoms with Crippen LogP contribution in [0.5, 0.6) is 0 Å². The zero-order chi connectivity index (χ0) is 13.9. The topological polar surface area (TPSA) is 60.0 Å². The summed E-state index contributed by atoms with van der Waals surface area (Å²) >= 11 is 0. The lowest BCUT2D eigenvalue weighted by atomic mass is 9.98. The van der Waals surface area contributed by atoms with E-state index in [1.165, 1.54) is 11.3 Å². The summed E-state index contributed by atoms with van der Waals surface area (Å²) in [5.74, 6) is 1.01. The molecule has 0 radical (unpaired) electrons. The number of para-hydroxylation sites is 1. The van der Waals surface area contributed by atoms with Crippen molar-refractivity contribution >= 4 is 5.69 Å². The van der Waals surface area contributed by atoms with Crippen LogP contribution in [0.3, 0.4) is 0 Å². The predicted octanol–water partition coefficient (Wildman–Crippen LogP) is 1.58. The van der Waals surface area contributed by atoms with Gasteiger partial charge in [0.15, 0.2) is 0 Å². The number of nitrogens with zero attached hydrogens (tertiary/aromatic N) is 4. The van der Waals surface area contributed by atoms with Crippen molar-refractivity contribution < 1.29 is 0 Å². The molecule has 1 unspecified atom stereocenters. The Kier molecular flexibility index (Phi) is 3.69. The Morgan fingerprint density at radius 1 is 1.35 bits per heavy atom. The fourth-order valence-corrected chi connectivity index (χ4v) is 2.85. The van der Waals surface area contributed by atoms with Gasteiger partial charge in [-0.25, -0.2) is 9.67 Å². The first-order chi connectivity index (χ1) is 9.78. The first-order valence-corrected chi connectivity index (χ1v) is 7.23. The highest BCUT2D eigenvalue weighted by molar-refractivity contribution is 5.56. The minimum atomic E-state index is 0.187. The van der Waals surface area contributed by atoms with Gasteiger partial charge in [0.2, 0.25) is 0 Å².